The standard InChI is InChI=1S/C19H21BrN2O2/c1-13-7-8-14(2)18(11-13)21-19(24)9-10-22(15(3)23)17-6-4-5-16(20)12-17/h4-8,11-12H,9-10H2,1-3H3,(H,21,24). The Morgan fingerprint density at radius 2 is 1.88 bits per heavy atom. The van der Waals surface area contributed by atoms with Crippen LogP contribution in [0, 0.1) is 13.8 Å². The molecule has 2 amide bonds. The lowest BCUT2D eigenvalue weighted by atomic mass is 10.1. The number of nitrogens with one attached hydrogen (secondary N) is 1. The quantitative estimate of drug-likeness (QED) is 0.822. The van der Waals surface area contributed by atoms with Crippen molar-refractivity contribution in [3.8, 4) is 0 Å². The highest BCUT2D eigenvalue weighted by atomic mass is 79.9. The Labute approximate surface area is 151 Å². The Hall–Kier alpha value is -2.14. The molecule has 2 aromatic carbocycles. The van der Waals surface area contributed by atoms with Crippen LogP contribution in [0.1, 0.15) is 24.5 Å². The van der Waals surface area contributed by atoms with Crippen molar-refractivity contribution in [2.75, 3.05) is 16.8 Å². The number of hydrogen-bond donors (Lipinski definition) is 1. The summed E-state index contributed by atoms with van der Waals surface area (Å²) in [6.07, 6.45) is 0.236. The van der Waals surface area contributed by atoms with Crippen LogP contribution in [0.3, 0.4) is 0 Å². The third-order valence-electron chi connectivity index (χ3n) is 3.73. The first kappa shape index (κ1) is 18.2. The first-order valence-electron chi connectivity index (χ1n) is 7.77. The maximum atomic E-state index is 12.2. The first-order chi connectivity index (χ1) is 11.4. The Morgan fingerprint density at radius 3 is 2.54 bits per heavy atom. The number of carbonyl (C=O) groups is 2. The summed E-state index contributed by atoms with van der Waals surface area (Å²) in [5.74, 6) is -0.197. The molecule has 0 aliphatic rings. The summed E-state index contributed by atoms with van der Waals surface area (Å²) >= 11 is 3.40. The molecule has 126 valence electrons. The van der Waals surface area contributed by atoms with E-state index < -0.39 is 0 Å². The minimum atomic E-state index is -0.107. The van der Waals surface area contributed by atoms with Gasteiger partial charge in [-0.25, -0.2) is 0 Å². The van der Waals surface area contributed by atoms with Gasteiger partial charge in [-0.2, -0.15) is 0 Å². The van der Waals surface area contributed by atoms with E-state index in [1.165, 1.54) is 6.92 Å². The topological polar surface area (TPSA) is 49.4 Å². The number of rotatable bonds is 5. The van der Waals surface area contributed by atoms with Crippen LogP contribution in [-0.2, 0) is 9.59 Å². The molecule has 1 N–H and O–H groups in total. The molecule has 0 atom stereocenters. The summed E-state index contributed by atoms with van der Waals surface area (Å²) in [6, 6.07) is 13.4. The predicted octanol–water partition coefficient (Wildman–Crippen LogP) is 4.45. The summed E-state index contributed by atoms with van der Waals surface area (Å²) in [4.78, 5) is 25.8. The van der Waals surface area contributed by atoms with Gasteiger partial charge in [-0.1, -0.05) is 34.1 Å². The smallest absolute Gasteiger partial charge is 0.226 e. The van der Waals surface area contributed by atoms with Crippen LogP contribution in [0.15, 0.2) is 46.9 Å². The molecule has 0 aliphatic heterocycles. The number of aryl methyl sites for hydroxylation is 2. The maximum Gasteiger partial charge on any atom is 0.226 e. The van der Waals surface area contributed by atoms with Gasteiger partial charge < -0.3 is 10.2 Å². The zero-order valence-corrected chi connectivity index (χ0v) is 15.7. The lowest BCUT2D eigenvalue weighted by Gasteiger charge is -2.21. The van der Waals surface area contributed by atoms with E-state index in [4.69, 9.17) is 0 Å². The van der Waals surface area contributed by atoms with Crippen molar-refractivity contribution in [1.29, 1.82) is 0 Å². The van der Waals surface area contributed by atoms with Crippen LogP contribution in [-0.4, -0.2) is 18.4 Å². The summed E-state index contributed by atoms with van der Waals surface area (Å²) < 4.78 is 0.895. The van der Waals surface area contributed by atoms with Gasteiger partial charge in [-0.05, 0) is 49.2 Å². The van der Waals surface area contributed by atoms with Gasteiger partial charge in [0.05, 0.1) is 0 Å². The third-order valence-corrected chi connectivity index (χ3v) is 4.22. The second-order valence-corrected chi connectivity index (χ2v) is 6.68. The Kier molecular flexibility index (Phi) is 6.15. The van der Waals surface area contributed by atoms with Crippen molar-refractivity contribution >= 4 is 39.1 Å². The van der Waals surface area contributed by atoms with Gasteiger partial charge in [-0.15, -0.1) is 0 Å². The first-order valence-corrected chi connectivity index (χ1v) is 8.57. The van der Waals surface area contributed by atoms with Gasteiger partial charge in [-0.3, -0.25) is 9.59 Å². The Morgan fingerprint density at radius 1 is 1.12 bits per heavy atom. The molecule has 0 aromatic heterocycles. The lowest BCUT2D eigenvalue weighted by Crippen LogP contribution is -2.32. The van der Waals surface area contributed by atoms with E-state index in [1.54, 1.807) is 4.90 Å². The second-order valence-electron chi connectivity index (χ2n) is 5.77. The number of anilines is 2. The van der Waals surface area contributed by atoms with E-state index in [0.29, 0.717) is 6.54 Å². The molecule has 2 aromatic rings. The molecule has 24 heavy (non-hydrogen) atoms. The highest BCUT2D eigenvalue weighted by Gasteiger charge is 2.14. The van der Waals surface area contributed by atoms with E-state index in [9.17, 15) is 9.59 Å². The summed E-state index contributed by atoms with van der Waals surface area (Å²) in [7, 11) is 0. The molecule has 0 heterocycles. The second kappa shape index (κ2) is 8.11. The lowest BCUT2D eigenvalue weighted by molar-refractivity contribution is -0.117. The highest BCUT2D eigenvalue weighted by molar-refractivity contribution is 9.10. The number of halogens is 1. The molecule has 4 nitrogen and oxygen atoms in total. The fourth-order valence-electron chi connectivity index (χ4n) is 2.41. The van der Waals surface area contributed by atoms with E-state index in [-0.39, 0.29) is 18.2 Å². The van der Waals surface area contributed by atoms with Gasteiger partial charge in [0.15, 0.2) is 0 Å². The zero-order valence-electron chi connectivity index (χ0n) is 14.1. The number of carbonyl (C=O) groups excluding carboxylic acids is 2. The van der Waals surface area contributed by atoms with Gasteiger partial charge in [0.1, 0.15) is 0 Å². The van der Waals surface area contributed by atoms with Crippen LogP contribution in [0.2, 0.25) is 0 Å². The molecule has 0 bridgehead atoms. The molecule has 0 aliphatic carbocycles. The summed E-state index contributed by atoms with van der Waals surface area (Å²) in [6.45, 7) is 5.78. The molecule has 5 heteroatoms. The molecular formula is C19H21BrN2O2. The van der Waals surface area contributed by atoms with Crippen molar-refractivity contribution in [2.24, 2.45) is 0 Å². The molecule has 2 rings (SSSR count). The van der Waals surface area contributed by atoms with Gasteiger partial charge in [0.25, 0.3) is 0 Å². The average molecular weight is 389 g/mol. The predicted molar refractivity (Wildman–Crippen MR) is 101 cm³/mol. The van der Waals surface area contributed by atoms with Gasteiger partial charge in [0.2, 0.25) is 11.8 Å². The van der Waals surface area contributed by atoms with E-state index in [2.05, 4.69) is 21.2 Å². The Balaban J connectivity index is 2.03. The monoisotopic (exact) mass is 388 g/mol. The number of benzene rings is 2. The van der Waals surface area contributed by atoms with Crippen molar-refractivity contribution in [3.05, 3.63) is 58.1 Å². The molecular weight excluding hydrogens is 368 g/mol. The van der Waals surface area contributed by atoms with Crippen LogP contribution >= 0.6 is 15.9 Å². The SMILES string of the molecule is CC(=O)N(CCC(=O)Nc1cc(C)ccc1C)c1cccc(Br)c1. The fraction of sp³-hybridized carbons (Fsp3) is 0.263. The summed E-state index contributed by atoms with van der Waals surface area (Å²) in [5, 5.41) is 2.92. The van der Waals surface area contributed by atoms with Gasteiger partial charge >= 0.3 is 0 Å². The third kappa shape index (κ3) is 4.93. The average Bonchev–Trinajstić information content (AvgIpc) is 2.51. The van der Waals surface area contributed by atoms with Crippen molar-refractivity contribution in [3.63, 3.8) is 0 Å². The molecule has 0 saturated carbocycles. The maximum absolute atomic E-state index is 12.2. The number of amides is 2. The largest absolute Gasteiger partial charge is 0.326 e. The highest BCUT2D eigenvalue weighted by Crippen LogP contribution is 2.21. The van der Waals surface area contributed by atoms with Crippen molar-refractivity contribution in [1.82, 2.24) is 0 Å². The van der Waals surface area contributed by atoms with Crippen LogP contribution in [0.4, 0.5) is 11.4 Å². The fourth-order valence-corrected chi connectivity index (χ4v) is 2.80. The number of nitrogens with zero attached hydrogens (tertiary/aromatic N) is 1. The molecule has 0 saturated heterocycles. The molecule has 0 spiro atoms. The normalized spacial score (nSPS) is 10.3. The minimum absolute atomic E-state index is 0.0902. The summed E-state index contributed by atoms with van der Waals surface area (Å²) in [5.41, 5.74) is 3.70. The van der Waals surface area contributed by atoms with Crippen LogP contribution in [0.5, 0.6) is 0 Å². The van der Waals surface area contributed by atoms with Crippen molar-refractivity contribution < 1.29 is 9.59 Å². The minimum Gasteiger partial charge on any atom is -0.326 e. The van der Waals surface area contributed by atoms with E-state index in [0.717, 1.165) is 27.0 Å². The van der Waals surface area contributed by atoms with E-state index >= 15 is 0 Å². The molecule has 0 fully saturated rings. The van der Waals surface area contributed by atoms with E-state index in [1.807, 2.05) is 56.3 Å². The Bertz CT molecular complexity index is 759. The zero-order chi connectivity index (χ0) is 17.7. The van der Waals surface area contributed by atoms with Crippen LogP contribution < -0.4 is 10.2 Å². The molecule has 0 unspecified atom stereocenters. The number of hydrogen-bond acceptors (Lipinski definition) is 2. The van der Waals surface area contributed by atoms with Crippen LogP contribution in [0.25, 0.3) is 0 Å². The van der Waals surface area contributed by atoms with Gasteiger partial charge in [0, 0.05) is 35.7 Å². The molecule has 0 radical (unpaired) electrons. The van der Waals surface area contributed by atoms with Crippen molar-refractivity contribution in [2.45, 2.75) is 27.2 Å².